The van der Waals surface area contributed by atoms with E-state index in [1.54, 1.807) is 12.1 Å². The van der Waals surface area contributed by atoms with Crippen LogP contribution in [0.25, 0.3) is 0 Å². The van der Waals surface area contributed by atoms with E-state index >= 15 is 0 Å². The summed E-state index contributed by atoms with van der Waals surface area (Å²) in [5.74, 6) is -0.656. The fourth-order valence-corrected chi connectivity index (χ4v) is 4.86. The number of ether oxygens (including phenoxy) is 2. The Kier molecular flexibility index (Phi) is 7.87. The number of hydrogen-bond acceptors (Lipinski definition) is 6. The molecule has 1 fully saturated rings. The number of carbonyl (C=O) groups is 2. The van der Waals surface area contributed by atoms with Crippen LogP contribution in [0.5, 0.6) is 5.75 Å². The van der Waals surface area contributed by atoms with Crippen LogP contribution in [-0.2, 0) is 24.3 Å². The minimum absolute atomic E-state index is 0.185. The monoisotopic (exact) mass is 460 g/mol. The van der Waals surface area contributed by atoms with Gasteiger partial charge in [0, 0.05) is 18.8 Å². The van der Waals surface area contributed by atoms with Crippen molar-refractivity contribution in [3.05, 3.63) is 54.1 Å². The quantitative estimate of drug-likeness (QED) is 0.608. The number of esters is 1. The molecule has 1 amide bonds. The average molecular weight is 461 g/mol. The van der Waals surface area contributed by atoms with Gasteiger partial charge in [0.1, 0.15) is 5.75 Å². The first-order valence-electron chi connectivity index (χ1n) is 10.6. The van der Waals surface area contributed by atoms with Gasteiger partial charge in [0.2, 0.25) is 10.0 Å². The van der Waals surface area contributed by atoms with E-state index in [1.807, 2.05) is 19.1 Å². The Morgan fingerprint density at radius 1 is 1.06 bits per heavy atom. The van der Waals surface area contributed by atoms with Crippen LogP contribution in [0.15, 0.2) is 53.4 Å². The molecule has 9 heteroatoms. The number of anilines is 1. The van der Waals surface area contributed by atoms with Gasteiger partial charge in [-0.15, -0.1) is 0 Å². The fourth-order valence-electron chi connectivity index (χ4n) is 3.34. The first kappa shape index (κ1) is 23.7. The number of nitrogens with zero attached hydrogens (tertiary/aromatic N) is 1. The van der Waals surface area contributed by atoms with Crippen LogP contribution >= 0.6 is 0 Å². The van der Waals surface area contributed by atoms with Crippen molar-refractivity contribution in [1.82, 2.24) is 4.31 Å². The summed E-state index contributed by atoms with van der Waals surface area (Å²) < 4.78 is 37.4. The lowest BCUT2D eigenvalue weighted by molar-refractivity contribution is -0.155. The minimum atomic E-state index is -3.53. The highest BCUT2D eigenvalue weighted by Gasteiger charge is 2.26. The normalized spacial score (nSPS) is 15.6. The highest BCUT2D eigenvalue weighted by Crippen LogP contribution is 2.22. The molecule has 1 N–H and O–H groups in total. The van der Waals surface area contributed by atoms with Crippen molar-refractivity contribution >= 4 is 27.6 Å². The summed E-state index contributed by atoms with van der Waals surface area (Å²) in [6, 6.07) is 13.2. The van der Waals surface area contributed by atoms with Gasteiger partial charge in [-0.05, 0) is 68.7 Å². The molecule has 1 aliphatic rings. The third kappa shape index (κ3) is 6.30. The molecule has 8 nitrogen and oxygen atoms in total. The van der Waals surface area contributed by atoms with E-state index < -0.39 is 28.0 Å². The van der Waals surface area contributed by atoms with Crippen molar-refractivity contribution in [3.8, 4) is 5.75 Å². The lowest BCUT2D eigenvalue weighted by Gasteiger charge is -2.25. The van der Waals surface area contributed by atoms with Crippen LogP contribution in [0.1, 0.15) is 31.7 Å². The van der Waals surface area contributed by atoms with Gasteiger partial charge in [0.05, 0.1) is 4.90 Å². The number of hydrogen-bond donors (Lipinski definition) is 1. The average Bonchev–Trinajstić information content (AvgIpc) is 2.78. The molecular formula is C23H28N2O6S. The molecule has 0 radical (unpaired) electrons. The standard InChI is InChI=1S/C23H28N2O6S/c1-17-7-6-8-20(15-17)30-16-22(26)31-18(2)23(27)24-19-9-11-21(12-10-19)32(28,29)25-13-4-3-5-14-25/h6-12,15,18H,3-5,13-14,16H2,1-2H3,(H,24,27)/t18-/m0/s1. The summed E-state index contributed by atoms with van der Waals surface area (Å²) in [4.78, 5) is 24.5. The maximum Gasteiger partial charge on any atom is 0.344 e. The number of rotatable bonds is 8. The van der Waals surface area contributed by atoms with E-state index in [2.05, 4.69) is 5.32 Å². The van der Waals surface area contributed by atoms with Gasteiger partial charge < -0.3 is 14.8 Å². The second kappa shape index (κ2) is 10.6. The number of aryl methyl sites for hydroxylation is 1. The van der Waals surface area contributed by atoms with Crippen LogP contribution in [-0.4, -0.2) is 50.4 Å². The lowest BCUT2D eigenvalue weighted by atomic mass is 10.2. The van der Waals surface area contributed by atoms with Crippen molar-refractivity contribution in [3.63, 3.8) is 0 Å². The topological polar surface area (TPSA) is 102 Å². The summed E-state index contributed by atoms with van der Waals surface area (Å²) in [7, 11) is -3.53. The van der Waals surface area contributed by atoms with Crippen LogP contribution in [0.2, 0.25) is 0 Å². The third-order valence-electron chi connectivity index (χ3n) is 5.10. The van der Waals surface area contributed by atoms with Gasteiger partial charge in [-0.1, -0.05) is 18.6 Å². The highest BCUT2D eigenvalue weighted by molar-refractivity contribution is 7.89. The Balaban J connectivity index is 1.50. The molecule has 1 aliphatic heterocycles. The largest absolute Gasteiger partial charge is 0.482 e. The molecule has 0 unspecified atom stereocenters. The molecule has 0 saturated carbocycles. The number of piperidine rings is 1. The number of amides is 1. The molecule has 0 aromatic heterocycles. The number of sulfonamides is 1. The second-order valence-corrected chi connectivity index (χ2v) is 9.65. The van der Waals surface area contributed by atoms with Crippen molar-refractivity contribution in [2.75, 3.05) is 25.0 Å². The molecule has 172 valence electrons. The van der Waals surface area contributed by atoms with Crippen molar-refractivity contribution in [1.29, 1.82) is 0 Å². The van der Waals surface area contributed by atoms with E-state index in [0.29, 0.717) is 24.5 Å². The molecule has 1 saturated heterocycles. The van der Waals surface area contributed by atoms with Gasteiger partial charge in [-0.3, -0.25) is 4.79 Å². The third-order valence-corrected chi connectivity index (χ3v) is 7.01. The van der Waals surface area contributed by atoms with Crippen molar-refractivity contribution in [2.45, 2.75) is 44.1 Å². The molecule has 32 heavy (non-hydrogen) atoms. The number of carbonyl (C=O) groups excluding carboxylic acids is 2. The molecular weight excluding hydrogens is 432 g/mol. The predicted octanol–water partition coefficient (Wildman–Crippen LogP) is 3.12. The van der Waals surface area contributed by atoms with E-state index in [0.717, 1.165) is 24.8 Å². The van der Waals surface area contributed by atoms with E-state index in [1.165, 1.54) is 35.5 Å². The Bertz CT molecular complexity index is 1050. The van der Waals surface area contributed by atoms with Crippen LogP contribution < -0.4 is 10.1 Å². The summed E-state index contributed by atoms with van der Waals surface area (Å²) in [5.41, 5.74) is 1.41. The summed E-state index contributed by atoms with van der Waals surface area (Å²) in [5, 5.41) is 2.62. The Hall–Kier alpha value is -2.91. The zero-order valence-corrected chi connectivity index (χ0v) is 19.1. The van der Waals surface area contributed by atoms with Crippen molar-refractivity contribution in [2.24, 2.45) is 0 Å². The van der Waals surface area contributed by atoms with Crippen LogP contribution in [0, 0.1) is 6.92 Å². The molecule has 3 rings (SSSR count). The first-order valence-corrected chi connectivity index (χ1v) is 12.0. The predicted molar refractivity (Wildman–Crippen MR) is 120 cm³/mol. The number of nitrogens with one attached hydrogen (secondary N) is 1. The van der Waals surface area contributed by atoms with Gasteiger partial charge in [0.25, 0.3) is 5.91 Å². The first-order chi connectivity index (χ1) is 15.3. The molecule has 2 aromatic carbocycles. The molecule has 1 heterocycles. The van der Waals surface area contributed by atoms with Gasteiger partial charge in [0.15, 0.2) is 12.7 Å². The lowest BCUT2D eigenvalue weighted by Crippen LogP contribution is -2.35. The molecule has 0 aliphatic carbocycles. The summed E-state index contributed by atoms with van der Waals surface area (Å²) in [6.07, 6.45) is 1.72. The molecule has 0 spiro atoms. The Labute approximate surface area is 188 Å². The van der Waals surface area contributed by atoms with Crippen LogP contribution in [0.3, 0.4) is 0 Å². The SMILES string of the molecule is Cc1cccc(OCC(=O)O[C@@H](C)C(=O)Nc2ccc(S(=O)(=O)N3CCCCC3)cc2)c1. The van der Waals surface area contributed by atoms with Gasteiger partial charge in [-0.25, -0.2) is 13.2 Å². The fraction of sp³-hybridized carbons (Fsp3) is 0.391. The Morgan fingerprint density at radius 2 is 1.75 bits per heavy atom. The van der Waals surface area contributed by atoms with Gasteiger partial charge >= 0.3 is 5.97 Å². The zero-order chi connectivity index (χ0) is 23.1. The van der Waals surface area contributed by atoms with E-state index in [-0.39, 0.29) is 11.5 Å². The summed E-state index contributed by atoms with van der Waals surface area (Å²) >= 11 is 0. The van der Waals surface area contributed by atoms with Crippen molar-refractivity contribution < 1.29 is 27.5 Å². The van der Waals surface area contributed by atoms with E-state index in [4.69, 9.17) is 9.47 Å². The molecule has 0 bridgehead atoms. The smallest absolute Gasteiger partial charge is 0.344 e. The van der Waals surface area contributed by atoms with Gasteiger partial charge in [-0.2, -0.15) is 4.31 Å². The van der Waals surface area contributed by atoms with Crippen LogP contribution in [0.4, 0.5) is 5.69 Å². The maximum absolute atomic E-state index is 12.7. The highest BCUT2D eigenvalue weighted by atomic mass is 32.2. The molecule has 2 aromatic rings. The van der Waals surface area contributed by atoms with E-state index in [9.17, 15) is 18.0 Å². The Morgan fingerprint density at radius 3 is 2.41 bits per heavy atom. The zero-order valence-electron chi connectivity index (χ0n) is 18.2. The second-order valence-electron chi connectivity index (χ2n) is 7.72. The maximum atomic E-state index is 12.7. The summed E-state index contributed by atoms with van der Waals surface area (Å²) in [6.45, 7) is 4.10. The molecule has 1 atom stereocenters. The minimum Gasteiger partial charge on any atom is -0.482 e. The number of benzene rings is 2.